The van der Waals surface area contributed by atoms with Gasteiger partial charge in [0, 0.05) is 32.0 Å². The molecule has 1 rings (SSSR count). The minimum Gasteiger partial charge on any atom is -0.396 e. The van der Waals surface area contributed by atoms with Gasteiger partial charge in [-0.2, -0.15) is 0 Å². The van der Waals surface area contributed by atoms with Gasteiger partial charge in [-0.1, -0.05) is 12.8 Å². The summed E-state index contributed by atoms with van der Waals surface area (Å²) in [5, 5.41) is 8.62. The molecule has 0 bridgehead atoms. The number of hydrogen-bond donors (Lipinski definition) is 1. The van der Waals surface area contributed by atoms with Gasteiger partial charge in [-0.15, -0.1) is 0 Å². The Labute approximate surface area is 101 Å². The smallest absolute Gasteiger partial charge is 0.160 e. The van der Waals surface area contributed by atoms with E-state index in [1.165, 1.54) is 6.07 Å². The molecule has 2 nitrogen and oxygen atoms in total. The lowest BCUT2D eigenvalue weighted by Crippen LogP contribution is -2.18. The normalized spacial score (nSPS) is 10.6. The van der Waals surface area contributed by atoms with E-state index in [1.54, 1.807) is 6.07 Å². The predicted octanol–water partition coefficient (Wildman–Crippen LogP) is 2.95. The number of aliphatic hydroxyl groups is 1. The number of anilines is 1. The fraction of sp³-hybridized carbons (Fsp3) is 0.538. The van der Waals surface area contributed by atoms with Gasteiger partial charge < -0.3 is 10.0 Å². The van der Waals surface area contributed by atoms with E-state index in [9.17, 15) is 8.78 Å². The maximum Gasteiger partial charge on any atom is 0.160 e. The summed E-state index contributed by atoms with van der Waals surface area (Å²) in [5.41, 5.74) is 0.686. The zero-order valence-electron chi connectivity index (χ0n) is 10.1. The minimum atomic E-state index is -0.815. The number of nitrogens with zero attached hydrogens (tertiary/aromatic N) is 1. The standard InChI is InChI=1S/C13H19F2NO/c1-16(8-4-2-3-5-9-17)11-6-7-12(14)13(15)10-11/h6-7,10,17H,2-5,8-9H2,1H3. The Morgan fingerprint density at radius 2 is 1.76 bits per heavy atom. The van der Waals surface area contributed by atoms with Gasteiger partial charge in [-0.3, -0.25) is 0 Å². The fourth-order valence-corrected chi connectivity index (χ4v) is 1.67. The third-order valence-corrected chi connectivity index (χ3v) is 2.75. The lowest BCUT2D eigenvalue weighted by atomic mass is 10.2. The molecule has 4 heteroatoms. The Bertz CT molecular complexity index is 344. The van der Waals surface area contributed by atoms with E-state index in [0.29, 0.717) is 5.69 Å². The highest BCUT2D eigenvalue weighted by atomic mass is 19.2. The molecule has 0 aromatic heterocycles. The Morgan fingerprint density at radius 3 is 2.41 bits per heavy atom. The molecular formula is C13H19F2NO. The van der Waals surface area contributed by atoms with Crippen molar-refractivity contribution < 1.29 is 13.9 Å². The van der Waals surface area contributed by atoms with Crippen molar-refractivity contribution in [3.05, 3.63) is 29.8 Å². The van der Waals surface area contributed by atoms with E-state index in [0.717, 1.165) is 38.3 Å². The summed E-state index contributed by atoms with van der Waals surface area (Å²) in [4.78, 5) is 1.90. The molecule has 0 aliphatic carbocycles. The van der Waals surface area contributed by atoms with Gasteiger partial charge in [0.05, 0.1) is 0 Å². The largest absolute Gasteiger partial charge is 0.396 e. The van der Waals surface area contributed by atoms with E-state index in [4.69, 9.17) is 5.11 Å². The molecule has 0 fully saturated rings. The highest BCUT2D eigenvalue weighted by Crippen LogP contribution is 2.17. The number of halogens is 2. The average Bonchev–Trinajstić information content (AvgIpc) is 2.32. The summed E-state index contributed by atoms with van der Waals surface area (Å²) in [6, 6.07) is 3.93. The first-order valence-electron chi connectivity index (χ1n) is 5.92. The first kappa shape index (κ1) is 13.9. The van der Waals surface area contributed by atoms with E-state index in [2.05, 4.69) is 0 Å². The number of rotatable bonds is 7. The van der Waals surface area contributed by atoms with Crippen molar-refractivity contribution >= 4 is 5.69 Å². The van der Waals surface area contributed by atoms with Gasteiger partial charge in [-0.05, 0) is 25.0 Å². The molecule has 0 aliphatic heterocycles. The van der Waals surface area contributed by atoms with Crippen molar-refractivity contribution in [2.24, 2.45) is 0 Å². The van der Waals surface area contributed by atoms with Crippen LogP contribution in [0.15, 0.2) is 18.2 Å². The van der Waals surface area contributed by atoms with Crippen molar-refractivity contribution in [2.45, 2.75) is 25.7 Å². The summed E-state index contributed by atoms with van der Waals surface area (Å²) in [7, 11) is 1.86. The molecule has 0 unspecified atom stereocenters. The molecular weight excluding hydrogens is 224 g/mol. The monoisotopic (exact) mass is 243 g/mol. The first-order valence-corrected chi connectivity index (χ1v) is 5.92. The second-order valence-corrected chi connectivity index (χ2v) is 4.16. The lowest BCUT2D eigenvalue weighted by molar-refractivity contribution is 0.282. The van der Waals surface area contributed by atoms with Gasteiger partial charge in [0.1, 0.15) is 0 Å². The van der Waals surface area contributed by atoms with Crippen LogP contribution in [0.25, 0.3) is 0 Å². The molecule has 1 aromatic carbocycles. The number of hydrogen-bond acceptors (Lipinski definition) is 2. The Balaban J connectivity index is 2.36. The van der Waals surface area contributed by atoms with Gasteiger partial charge in [0.25, 0.3) is 0 Å². The molecule has 0 heterocycles. The van der Waals surface area contributed by atoms with Gasteiger partial charge >= 0.3 is 0 Å². The summed E-state index contributed by atoms with van der Waals surface area (Å²) >= 11 is 0. The van der Waals surface area contributed by atoms with Crippen molar-refractivity contribution in [2.75, 3.05) is 25.1 Å². The first-order chi connectivity index (χ1) is 8.15. The third-order valence-electron chi connectivity index (χ3n) is 2.75. The van der Waals surface area contributed by atoms with E-state index in [1.807, 2.05) is 11.9 Å². The van der Waals surface area contributed by atoms with Crippen LogP contribution in [0, 0.1) is 11.6 Å². The molecule has 0 radical (unpaired) electrons. The second kappa shape index (κ2) is 7.22. The van der Waals surface area contributed by atoms with Crippen LogP contribution in [0.2, 0.25) is 0 Å². The van der Waals surface area contributed by atoms with Crippen molar-refractivity contribution in [3.8, 4) is 0 Å². The van der Waals surface area contributed by atoms with E-state index < -0.39 is 11.6 Å². The van der Waals surface area contributed by atoms with Crippen molar-refractivity contribution in [3.63, 3.8) is 0 Å². The summed E-state index contributed by atoms with van der Waals surface area (Å²) in [5.74, 6) is -1.63. The Morgan fingerprint density at radius 1 is 1.06 bits per heavy atom. The summed E-state index contributed by atoms with van der Waals surface area (Å²) in [6.45, 7) is 1.04. The average molecular weight is 243 g/mol. The SMILES string of the molecule is CN(CCCCCCO)c1ccc(F)c(F)c1. The molecule has 0 aliphatic rings. The highest BCUT2D eigenvalue weighted by Gasteiger charge is 2.05. The number of benzene rings is 1. The molecule has 0 saturated carbocycles. The zero-order chi connectivity index (χ0) is 12.7. The minimum absolute atomic E-state index is 0.235. The highest BCUT2D eigenvalue weighted by molar-refractivity contribution is 5.45. The topological polar surface area (TPSA) is 23.5 Å². The van der Waals surface area contributed by atoms with Crippen LogP contribution in [-0.4, -0.2) is 25.3 Å². The number of aliphatic hydroxyl groups excluding tert-OH is 1. The van der Waals surface area contributed by atoms with E-state index >= 15 is 0 Å². The van der Waals surface area contributed by atoms with E-state index in [-0.39, 0.29) is 6.61 Å². The second-order valence-electron chi connectivity index (χ2n) is 4.16. The molecule has 0 saturated heterocycles. The molecule has 1 aromatic rings. The van der Waals surface area contributed by atoms with Crippen LogP contribution in [0.3, 0.4) is 0 Å². The fourth-order valence-electron chi connectivity index (χ4n) is 1.67. The van der Waals surface area contributed by atoms with Crippen LogP contribution >= 0.6 is 0 Å². The van der Waals surface area contributed by atoms with Crippen LogP contribution in [0.5, 0.6) is 0 Å². The summed E-state index contributed by atoms with van der Waals surface area (Å²) < 4.78 is 25.7. The molecule has 0 spiro atoms. The molecule has 0 amide bonds. The van der Waals surface area contributed by atoms with Crippen LogP contribution in [0.4, 0.5) is 14.5 Å². The molecule has 17 heavy (non-hydrogen) atoms. The van der Waals surface area contributed by atoms with Crippen LogP contribution in [-0.2, 0) is 0 Å². The Kier molecular flexibility index (Phi) is 5.91. The zero-order valence-corrected chi connectivity index (χ0v) is 10.1. The van der Waals surface area contributed by atoms with Gasteiger partial charge in [-0.25, -0.2) is 8.78 Å². The van der Waals surface area contributed by atoms with Crippen molar-refractivity contribution in [1.82, 2.24) is 0 Å². The molecule has 0 atom stereocenters. The Hall–Kier alpha value is -1.16. The molecule has 96 valence electrons. The van der Waals surface area contributed by atoms with Gasteiger partial charge in [0.15, 0.2) is 11.6 Å². The molecule has 1 N–H and O–H groups in total. The number of unbranched alkanes of at least 4 members (excludes halogenated alkanes) is 3. The van der Waals surface area contributed by atoms with Gasteiger partial charge in [0.2, 0.25) is 0 Å². The summed E-state index contributed by atoms with van der Waals surface area (Å²) in [6.07, 6.45) is 3.85. The lowest BCUT2D eigenvalue weighted by Gasteiger charge is -2.19. The maximum atomic E-state index is 13.0. The maximum absolute atomic E-state index is 13.0. The van der Waals surface area contributed by atoms with Crippen LogP contribution in [0.1, 0.15) is 25.7 Å². The van der Waals surface area contributed by atoms with Crippen molar-refractivity contribution in [1.29, 1.82) is 0 Å². The predicted molar refractivity (Wildman–Crippen MR) is 65.2 cm³/mol. The quantitative estimate of drug-likeness (QED) is 0.744. The van der Waals surface area contributed by atoms with Crippen LogP contribution < -0.4 is 4.90 Å². The third kappa shape index (κ3) is 4.69.